The minimum absolute atomic E-state index is 0.156. The first-order chi connectivity index (χ1) is 7.63. The summed E-state index contributed by atoms with van der Waals surface area (Å²) in [4.78, 5) is 0. The molecule has 0 aliphatic rings. The Labute approximate surface area is 92.4 Å². The number of methoxy groups -OCH3 is 1. The first kappa shape index (κ1) is 11.1. The van der Waals surface area contributed by atoms with Crippen molar-refractivity contribution in [1.29, 1.82) is 0 Å². The van der Waals surface area contributed by atoms with E-state index in [1.165, 1.54) is 19.2 Å². The molecule has 86 valence electrons. The number of fused-ring (bicyclic) bond motifs is 1. The third-order valence-corrected chi connectivity index (χ3v) is 2.56. The maximum Gasteiger partial charge on any atom is 0.139 e. The summed E-state index contributed by atoms with van der Waals surface area (Å²) in [5.74, 6) is 0.117. The van der Waals surface area contributed by atoms with Gasteiger partial charge < -0.3 is 14.3 Å². The average Bonchev–Trinajstić information content (AvgIpc) is 2.57. The van der Waals surface area contributed by atoms with Gasteiger partial charge in [0.05, 0.1) is 6.61 Å². The van der Waals surface area contributed by atoms with Gasteiger partial charge in [0.25, 0.3) is 0 Å². The minimum Gasteiger partial charge on any atom is -0.458 e. The number of aryl methyl sites for hydroxylation is 1. The molecule has 0 aliphatic heterocycles. The molecule has 0 saturated carbocycles. The van der Waals surface area contributed by atoms with Crippen LogP contribution in [0.2, 0.25) is 0 Å². The Bertz CT molecular complexity index is 504. The number of hydrogen-bond acceptors (Lipinski definition) is 3. The predicted octanol–water partition coefficient (Wildman–Crippen LogP) is 2.56. The van der Waals surface area contributed by atoms with Crippen LogP contribution in [0.1, 0.15) is 17.4 Å². The summed E-state index contributed by atoms with van der Waals surface area (Å²) >= 11 is 0. The van der Waals surface area contributed by atoms with Crippen LogP contribution in [0, 0.1) is 12.7 Å². The van der Waals surface area contributed by atoms with E-state index >= 15 is 0 Å². The number of furan rings is 1. The van der Waals surface area contributed by atoms with E-state index in [0.29, 0.717) is 16.7 Å². The Balaban J connectivity index is 2.51. The molecule has 0 amide bonds. The van der Waals surface area contributed by atoms with Crippen molar-refractivity contribution in [3.8, 4) is 0 Å². The third kappa shape index (κ3) is 1.81. The molecule has 0 saturated heterocycles. The third-order valence-electron chi connectivity index (χ3n) is 2.56. The number of benzene rings is 1. The van der Waals surface area contributed by atoms with Gasteiger partial charge in [0.15, 0.2) is 0 Å². The lowest BCUT2D eigenvalue weighted by molar-refractivity contribution is 0.0508. The maximum absolute atomic E-state index is 13.0. The fraction of sp³-hybridized carbons (Fsp3) is 0.333. The molecule has 0 spiro atoms. The molecule has 0 bridgehead atoms. The van der Waals surface area contributed by atoms with Gasteiger partial charge in [-0.2, -0.15) is 0 Å². The van der Waals surface area contributed by atoms with Crippen molar-refractivity contribution in [1.82, 2.24) is 0 Å². The first-order valence-corrected chi connectivity index (χ1v) is 4.99. The lowest BCUT2D eigenvalue weighted by Gasteiger charge is -2.06. The van der Waals surface area contributed by atoms with E-state index in [2.05, 4.69) is 0 Å². The number of aliphatic hydroxyl groups excluding tert-OH is 1. The van der Waals surface area contributed by atoms with Crippen LogP contribution in [0.4, 0.5) is 4.39 Å². The van der Waals surface area contributed by atoms with Gasteiger partial charge in [-0.05, 0) is 25.1 Å². The van der Waals surface area contributed by atoms with E-state index in [4.69, 9.17) is 9.15 Å². The number of halogens is 1. The maximum atomic E-state index is 13.0. The smallest absolute Gasteiger partial charge is 0.139 e. The summed E-state index contributed by atoms with van der Waals surface area (Å²) in [5.41, 5.74) is 1.32. The molecule has 4 heteroatoms. The summed E-state index contributed by atoms with van der Waals surface area (Å²) in [6.07, 6.45) is -0.819. The van der Waals surface area contributed by atoms with Crippen molar-refractivity contribution >= 4 is 11.0 Å². The molecule has 1 aromatic carbocycles. The van der Waals surface area contributed by atoms with Gasteiger partial charge in [-0.15, -0.1) is 0 Å². The number of aliphatic hydroxyl groups is 1. The highest BCUT2D eigenvalue weighted by Crippen LogP contribution is 2.29. The molecule has 0 radical (unpaired) electrons. The molecule has 0 fully saturated rings. The van der Waals surface area contributed by atoms with Crippen molar-refractivity contribution in [2.24, 2.45) is 0 Å². The van der Waals surface area contributed by atoms with Gasteiger partial charge in [0, 0.05) is 18.1 Å². The molecule has 2 aromatic rings. The molecule has 1 heterocycles. The minimum atomic E-state index is -0.819. The van der Waals surface area contributed by atoms with E-state index in [9.17, 15) is 9.50 Å². The Kier molecular flexibility index (Phi) is 2.94. The topological polar surface area (TPSA) is 42.6 Å². The summed E-state index contributed by atoms with van der Waals surface area (Å²) in [5, 5.41) is 10.4. The van der Waals surface area contributed by atoms with Gasteiger partial charge in [0.2, 0.25) is 0 Å². The zero-order chi connectivity index (χ0) is 11.7. The van der Waals surface area contributed by atoms with Crippen LogP contribution in [0.15, 0.2) is 22.6 Å². The van der Waals surface area contributed by atoms with Crippen LogP contribution in [-0.4, -0.2) is 18.8 Å². The molecule has 16 heavy (non-hydrogen) atoms. The van der Waals surface area contributed by atoms with E-state index in [1.54, 1.807) is 13.0 Å². The molecule has 2 rings (SSSR count). The van der Waals surface area contributed by atoms with E-state index < -0.39 is 6.10 Å². The Hall–Kier alpha value is -1.39. The van der Waals surface area contributed by atoms with E-state index in [-0.39, 0.29) is 12.4 Å². The summed E-state index contributed by atoms with van der Waals surface area (Å²) < 4.78 is 23.4. The molecule has 1 atom stereocenters. The number of rotatable bonds is 3. The lowest BCUT2D eigenvalue weighted by atomic mass is 10.1. The second-order valence-electron chi connectivity index (χ2n) is 3.70. The van der Waals surface area contributed by atoms with Gasteiger partial charge in [0.1, 0.15) is 23.3 Å². The van der Waals surface area contributed by atoms with E-state index in [1.807, 2.05) is 0 Å². The standard InChI is InChI=1S/C12H13FO3/c1-7-9-5-8(13)3-4-11(9)16-12(7)10(14)6-15-2/h3-5,10,14H,6H2,1-2H3. The summed E-state index contributed by atoms with van der Waals surface area (Å²) in [6.45, 7) is 1.95. The van der Waals surface area contributed by atoms with Gasteiger partial charge >= 0.3 is 0 Å². The van der Waals surface area contributed by atoms with E-state index in [0.717, 1.165) is 5.56 Å². The van der Waals surface area contributed by atoms with Gasteiger partial charge in [-0.25, -0.2) is 4.39 Å². The van der Waals surface area contributed by atoms with Crippen LogP contribution in [0.3, 0.4) is 0 Å². The molecule has 1 aromatic heterocycles. The molecular weight excluding hydrogens is 211 g/mol. The highest BCUT2D eigenvalue weighted by molar-refractivity contribution is 5.82. The van der Waals surface area contributed by atoms with Gasteiger partial charge in [-0.3, -0.25) is 0 Å². The Morgan fingerprint density at radius 1 is 1.50 bits per heavy atom. The van der Waals surface area contributed by atoms with Gasteiger partial charge in [-0.1, -0.05) is 0 Å². The highest BCUT2D eigenvalue weighted by atomic mass is 19.1. The van der Waals surface area contributed by atoms with Crippen molar-refractivity contribution in [3.63, 3.8) is 0 Å². The fourth-order valence-electron chi connectivity index (χ4n) is 1.76. The van der Waals surface area contributed by atoms with Crippen LogP contribution < -0.4 is 0 Å². The zero-order valence-corrected chi connectivity index (χ0v) is 9.16. The molecule has 1 unspecified atom stereocenters. The monoisotopic (exact) mass is 224 g/mol. The first-order valence-electron chi connectivity index (χ1n) is 4.99. The van der Waals surface area contributed by atoms with Crippen molar-refractivity contribution in [3.05, 3.63) is 35.3 Å². The normalized spacial score (nSPS) is 13.2. The molecular formula is C12H13FO3. The van der Waals surface area contributed by atoms with Crippen LogP contribution in [-0.2, 0) is 4.74 Å². The SMILES string of the molecule is COCC(O)c1oc2ccc(F)cc2c1C. The van der Waals surface area contributed by atoms with Crippen molar-refractivity contribution in [2.45, 2.75) is 13.0 Å². The van der Waals surface area contributed by atoms with Crippen LogP contribution in [0.5, 0.6) is 0 Å². The van der Waals surface area contributed by atoms with Crippen LogP contribution in [0.25, 0.3) is 11.0 Å². The Morgan fingerprint density at radius 2 is 2.25 bits per heavy atom. The summed E-state index contributed by atoms with van der Waals surface area (Å²) in [6, 6.07) is 4.29. The molecule has 3 nitrogen and oxygen atoms in total. The number of hydrogen-bond donors (Lipinski definition) is 1. The second-order valence-corrected chi connectivity index (χ2v) is 3.70. The second kappa shape index (κ2) is 4.23. The zero-order valence-electron chi connectivity index (χ0n) is 9.16. The van der Waals surface area contributed by atoms with Crippen molar-refractivity contribution < 1.29 is 18.7 Å². The Morgan fingerprint density at radius 3 is 2.94 bits per heavy atom. The van der Waals surface area contributed by atoms with Crippen molar-refractivity contribution in [2.75, 3.05) is 13.7 Å². The lowest BCUT2D eigenvalue weighted by Crippen LogP contribution is -2.04. The number of ether oxygens (including phenoxy) is 1. The predicted molar refractivity (Wildman–Crippen MR) is 57.7 cm³/mol. The quantitative estimate of drug-likeness (QED) is 0.871. The summed E-state index contributed by atoms with van der Waals surface area (Å²) in [7, 11) is 1.50. The fourth-order valence-corrected chi connectivity index (χ4v) is 1.76. The largest absolute Gasteiger partial charge is 0.458 e. The average molecular weight is 224 g/mol. The van der Waals surface area contributed by atoms with Crippen LogP contribution >= 0.6 is 0 Å². The highest BCUT2D eigenvalue weighted by Gasteiger charge is 2.18. The molecule has 1 N–H and O–H groups in total. The molecule has 0 aliphatic carbocycles.